The molecule has 0 fully saturated rings. The Morgan fingerprint density at radius 1 is 1.37 bits per heavy atom. The summed E-state index contributed by atoms with van der Waals surface area (Å²) in [5.41, 5.74) is 0. The zero-order valence-electron chi connectivity index (χ0n) is 10.9. The maximum atomic E-state index is 11.4. The lowest BCUT2D eigenvalue weighted by Crippen LogP contribution is -2.38. The predicted octanol–water partition coefficient (Wildman–Crippen LogP) is 1.77. The second kappa shape index (κ2) is 7.68. The van der Waals surface area contributed by atoms with Crippen LogP contribution in [0.5, 0.6) is 5.75 Å². The van der Waals surface area contributed by atoms with Gasteiger partial charge in [-0.25, -0.2) is 0 Å². The van der Waals surface area contributed by atoms with E-state index in [9.17, 15) is 9.59 Å². The molecule has 19 heavy (non-hydrogen) atoms. The van der Waals surface area contributed by atoms with Gasteiger partial charge in [0.25, 0.3) is 0 Å². The zero-order chi connectivity index (χ0) is 14.3. The molecule has 0 aliphatic heterocycles. The third-order valence-corrected chi connectivity index (χ3v) is 3.42. The summed E-state index contributed by atoms with van der Waals surface area (Å²) in [6.07, 6.45) is 0.286. The molecule has 104 valence electrons. The topological polar surface area (TPSA) is 75.6 Å². The molecule has 0 aromatic heterocycles. The third-order valence-electron chi connectivity index (χ3n) is 2.41. The van der Waals surface area contributed by atoms with E-state index in [2.05, 4.69) is 5.32 Å². The van der Waals surface area contributed by atoms with Crippen molar-refractivity contribution in [2.24, 2.45) is 0 Å². The van der Waals surface area contributed by atoms with E-state index in [1.165, 1.54) is 18.7 Å². The van der Waals surface area contributed by atoms with Crippen LogP contribution in [-0.4, -0.2) is 35.9 Å². The highest BCUT2D eigenvalue weighted by Crippen LogP contribution is 2.21. The number of nitrogens with one attached hydrogen (secondary N) is 1. The van der Waals surface area contributed by atoms with Crippen LogP contribution in [0.15, 0.2) is 29.2 Å². The first-order valence-electron chi connectivity index (χ1n) is 5.82. The lowest BCUT2D eigenvalue weighted by molar-refractivity contribution is -0.141. The molecule has 0 aliphatic carbocycles. The first kappa shape index (κ1) is 15.4. The summed E-state index contributed by atoms with van der Waals surface area (Å²) in [5.74, 6) is 0.106. The number of carboxylic acids is 1. The fourth-order valence-electron chi connectivity index (χ4n) is 1.31. The molecule has 0 radical (unpaired) electrons. The number of hydrogen-bond acceptors (Lipinski definition) is 4. The fraction of sp³-hybridized carbons (Fsp3) is 0.385. The van der Waals surface area contributed by atoms with Crippen molar-refractivity contribution >= 4 is 23.6 Å². The molecule has 6 heteroatoms. The summed E-state index contributed by atoms with van der Waals surface area (Å²) < 4.78 is 5.05. The van der Waals surface area contributed by atoms with E-state index in [4.69, 9.17) is 9.84 Å². The highest BCUT2D eigenvalue weighted by molar-refractivity contribution is 7.99. The number of aliphatic carboxylic acids is 1. The molecule has 1 aromatic carbocycles. The maximum Gasteiger partial charge on any atom is 0.325 e. The van der Waals surface area contributed by atoms with Crippen LogP contribution in [0.2, 0.25) is 0 Å². The van der Waals surface area contributed by atoms with Gasteiger partial charge in [0.1, 0.15) is 11.8 Å². The van der Waals surface area contributed by atoms with Crippen molar-refractivity contribution < 1.29 is 19.4 Å². The predicted molar refractivity (Wildman–Crippen MR) is 73.6 cm³/mol. The van der Waals surface area contributed by atoms with Crippen molar-refractivity contribution in [1.82, 2.24) is 5.32 Å². The van der Waals surface area contributed by atoms with E-state index in [0.29, 0.717) is 5.75 Å². The molecular formula is C13H17NO4S. The number of thioether (sulfide) groups is 1. The molecule has 0 spiro atoms. The highest BCUT2D eigenvalue weighted by Gasteiger charge is 2.13. The van der Waals surface area contributed by atoms with Gasteiger partial charge in [-0.3, -0.25) is 9.59 Å². The zero-order valence-corrected chi connectivity index (χ0v) is 11.7. The quantitative estimate of drug-likeness (QED) is 0.746. The maximum absolute atomic E-state index is 11.4. The highest BCUT2D eigenvalue weighted by atomic mass is 32.2. The lowest BCUT2D eigenvalue weighted by atomic mass is 10.3. The van der Waals surface area contributed by atoms with E-state index in [0.717, 1.165) is 10.6 Å². The molecule has 0 saturated carbocycles. The van der Waals surface area contributed by atoms with Gasteiger partial charge in [-0.15, -0.1) is 11.8 Å². The van der Waals surface area contributed by atoms with Crippen molar-refractivity contribution in [2.75, 3.05) is 12.9 Å². The summed E-state index contributed by atoms with van der Waals surface area (Å²) in [5, 5.41) is 11.1. The first-order chi connectivity index (χ1) is 9.02. The van der Waals surface area contributed by atoms with Crippen molar-refractivity contribution in [3.63, 3.8) is 0 Å². The van der Waals surface area contributed by atoms with Crippen molar-refractivity contribution in [1.29, 1.82) is 0 Å². The van der Waals surface area contributed by atoms with Gasteiger partial charge in [-0.1, -0.05) is 0 Å². The van der Waals surface area contributed by atoms with Crippen LogP contribution in [0.25, 0.3) is 0 Å². The van der Waals surface area contributed by atoms with Gasteiger partial charge in [0.2, 0.25) is 5.91 Å². The van der Waals surface area contributed by atoms with Gasteiger partial charge in [0.05, 0.1) is 7.11 Å². The van der Waals surface area contributed by atoms with Crippen molar-refractivity contribution in [3.8, 4) is 5.75 Å². The molecule has 1 rings (SSSR count). The number of hydrogen-bond donors (Lipinski definition) is 2. The smallest absolute Gasteiger partial charge is 0.325 e. The molecule has 2 N–H and O–H groups in total. The normalized spacial score (nSPS) is 11.7. The molecule has 0 bridgehead atoms. The summed E-state index contributed by atoms with van der Waals surface area (Å²) in [4.78, 5) is 23.0. The lowest BCUT2D eigenvalue weighted by Gasteiger charge is -2.09. The average Bonchev–Trinajstić information content (AvgIpc) is 2.39. The second-order valence-corrected chi connectivity index (χ2v) is 5.07. The van der Waals surface area contributed by atoms with E-state index < -0.39 is 12.0 Å². The van der Waals surface area contributed by atoms with Crippen LogP contribution >= 0.6 is 11.8 Å². The number of benzene rings is 1. The first-order valence-corrected chi connectivity index (χ1v) is 6.80. The Balaban J connectivity index is 2.29. The minimum atomic E-state index is -1.03. The van der Waals surface area contributed by atoms with Crippen LogP contribution in [0.1, 0.15) is 13.3 Å². The van der Waals surface area contributed by atoms with Crippen LogP contribution in [0.4, 0.5) is 0 Å². The number of rotatable bonds is 7. The number of carbonyl (C=O) groups is 2. The second-order valence-electron chi connectivity index (χ2n) is 3.90. The largest absolute Gasteiger partial charge is 0.497 e. The van der Waals surface area contributed by atoms with Crippen molar-refractivity contribution in [3.05, 3.63) is 24.3 Å². The number of methoxy groups -OCH3 is 1. The number of amides is 1. The number of carbonyl (C=O) groups excluding carboxylic acids is 1. The fourth-order valence-corrected chi connectivity index (χ4v) is 2.16. The Hall–Kier alpha value is -1.69. The van der Waals surface area contributed by atoms with Gasteiger partial charge in [-0.05, 0) is 31.2 Å². The van der Waals surface area contributed by atoms with Crippen LogP contribution < -0.4 is 10.1 Å². The van der Waals surface area contributed by atoms with E-state index in [1.54, 1.807) is 7.11 Å². The Morgan fingerprint density at radius 2 is 2.00 bits per heavy atom. The Kier molecular flexibility index (Phi) is 6.21. The molecule has 0 aliphatic rings. The molecule has 1 aromatic rings. The number of carboxylic acid groups (broad SMARTS) is 1. The monoisotopic (exact) mass is 283 g/mol. The average molecular weight is 283 g/mol. The van der Waals surface area contributed by atoms with Gasteiger partial charge in [0.15, 0.2) is 0 Å². The van der Waals surface area contributed by atoms with E-state index >= 15 is 0 Å². The summed E-state index contributed by atoms with van der Waals surface area (Å²) in [7, 11) is 1.61. The van der Waals surface area contributed by atoms with Gasteiger partial charge in [0, 0.05) is 17.1 Å². The number of ether oxygens (including phenoxy) is 1. The van der Waals surface area contributed by atoms with Gasteiger partial charge < -0.3 is 15.2 Å². The molecule has 1 atom stereocenters. The minimum absolute atomic E-state index is 0.254. The molecule has 0 unspecified atom stereocenters. The summed E-state index contributed by atoms with van der Waals surface area (Å²) >= 11 is 1.54. The minimum Gasteiger partial charge on any atom is -0.497 e. The van der Waals surface area contributed by atoms with Crippen LogP contribution in [-0.2, 0) is 9.59 Å². The summed E-state index contributed by atoms with van der Waals surface area (Å²) in [6, 6.07) is 6.70. The van der Waals surface area contributed by atoms with E-state index in [-0.39, 0.29) is 12.3 Å². The Bertz CT molecular complexity index is 433. The molecule has 1 amide bonds. The van der Waals surface area contributed by atoms with Crippen LogP contribution in [0.3, 0.4) is 0 Å². The Labute approximate surface area is 116 Å². The Morgan fingerprint density at radius 3 is 2.53 bits per heavy atom. The molecule has 0 saturated heterocycles. The van der Waals surface area contributed by atoms with Crippen molar-refractivity contribution in [2.45, 2.75) is 24.3 Å². The molecular weight excluding hydrogens is 266 g/mol. The summed E-state index contributed by atoms with van der Waals surface area (Å²) in [6.45, 7) is 1.44. The standard InChI is InChI=1S/C13H17NO4S/c1-9(13(16)17)14-12(15)7-8-19-11-5-3-10(18-2)4-6-11/h3-6,9H,7-8H2,1-2H3,(H,14,15)(H,16,17)/t9-/m1/s1. The van der Waals surface area contributed by atoms with E-state index in [1.807, 2.05) is 24.3 Å². The molecule has 5 nitrogen and oxygen atoms in total. The van der Waals surface area contributed by atoms with Crippen LogP contribution in [0, 0.1) is 0 Å². The molecule has 0 heterocycles. The third kappa shape index (κ3) is 5.65. The van der Waals surface area contributed by atoms with Gasteiger partial charge >= 0.3 is 5.97 Å². The van der Waals surface area contributed by atoms with Gasteiger partial charge in [-0.2, -0.15) is 0 Å². The SMILES string of the molecule is COc1ccc(SCCC(=O)N[C@H](C)C(=O)O)cc1.